The molecule has 158 valence electrons. The number of hydrogen-bond acceptors (Lipinski definition) is 6. The third-order valence-electron chi connectivity index (χ3n) is 4.54. The smallest absolute Gasteiger partial charge is 0.255 e. The molecule has 30 heavy (non-hydrogen) atoms. The van der Waals surface area contributed by atoms with Crippen molar-refractivity contribution in [2.24, 2.45) is 0 Å². The minimum absolute atomic E-state index is 0.137. The Bertz CT molecular complexity index is 982. The van der Waals surface area contributed by atoms with Crippen molar-refractivity contribution < 1.29 is 4.74 Å². The number of nitrogens with zero attached hydrogens (tertiary/aromatic N) is 3. The molecule has 1 aromatic carbocycles. The van der Waals surface area contributed by atoms with Gasteiger partial charge in [-0.1, -0.05) is 18.2 Å². The fourth-order valence-corrected chi connectivity index (χ4v) is 2.99. The van der Waals surface area contributed by atoms with E-state index in [0.717, 1.165) is 30.0 Å². The van der Waals surface area contributed by atoms with Gasteiger partial charge in [-0.15, -0.1) is 0 Å². The molecule has 2 heterocycles. The van der Waals surface area contributed by atoms with Crippen LogP contribution in [0.2, 0.25) is 0 Å². The van der Waals surface area contributed by atoms with E-state index in [1.807, 2.05) is 31.2 Å². The lowest BCUT2D eigenvalue weighted by Gasteiger charge is -2.11. The lowest BCUT2D eigenvalue weighted by atomic mass is 10.1. The predicted octanol–water partition coefficient (Wildman–Crippen LogP) is 3.01. The molecule has 0 bridgehead atoms. The molecule has 3 rings (SSSR count). The second-order valence-electron chi connectivity index (χ2n) is 7.58. The van der Waals surface area contributed by atoms with Gasteiger partial charge in [0.05, 0.1) is 6.61 Å². The third kappa shape index (κ3) is 6.70. The van der Waals surface area contributed by atoms with Crippen LogP contribution in [0, 0.1) is 6.92 Å². The van der Waals surface area contributed by atoms with Gasteiger partial charge >= 0.3 is 0 Å². The molecular weight excluding hydrogens is 378 g/mol. The van der Waals surface area contributed by atoms with Gasteiger partial charge in [0.2, 0.25) is 5.95 Å². The molecule has 7 nitrogen and oxygen atoms in total. The minimum atomic E-state index is -0.137. The van der Waals surface area contributed by atoms with Gasteiger partial charge in [0.15, 0.2) is 0 Å². The van der Waals surface area contributed by atoms with Gasteiger partial charge in [-0.25, -0.2) is 4.98 Å². The fraction of sp³-hybridized carbons (Fsp3) is 0.348. The Hall–Kier alpha value is -3.19. The zero-order valence-electron chi connectivity index (χ0n) is 17.8. The van der Waals surface area contributed by atoms with E-state index in [9.17, 15) is 4.79 Å². The average Bonchev–Trinajstić information content (AvgIpc) is 2.72. The van der Waals surface area contributed by atoms with E-state index >= 15 is 0 Å². The van der Waals surface area contributed by atoms with Crippen molar-refractivity contribution in [2.75, 3.05) is 32.6 Å². The van der Waals surface area contributed by atoms with Crippen molar-refractivity contribution in [1.29, 1.82) is 0 Å². The average molecular weight is 408 g/mol. The van der Waals surface area contributed by atoms with Crippen LogP contribution in [0.4, 0.5) is 5.95 Å². The number of pyridine rings is 1. The second kappa shape index (κ2) is 10.5. The van der Waals surface area contributed by atoms with Crippen LogP contribution in [0.3, 0.4) is 0 Å². The van der Waals surface area contributed by atoms with Gasteiger partial charge in [0.1, 0.15) is 5.75 Å². The Morgan fingerprint density at radius 2 is 1.80 bits per heavy atom. The van der Waals surface area contributed by atoms with Crippen molar-refractivity contribution in [3.8, 4) is 5.75 Å². The van der Waals surface area contributed by atoms with E-state index in [1.54, 1.807) is 12.4 Å². The van der Waals surface area contributed by atoms with Gasteiger partial charge in [-0.3, -0.25) is 14.8 Å². The maximum atomic E-state index is 12.3. The molecule has 0 aliphatic rings. The van der Waals surface area contributed by atoms with Crippen molar-refractivity contribution in [3.05, 3.63) is 81.5 Å². The number of ether oxygens (including phenoxy) is 1. The Balaban J connectivity index is 1.41. The Morgan fingerprint density at radius 1 is 1.03 bits per heavy atom. The highest BCUT2D eigenvalue weighted by Gasteiger charge is 2.05. The minimum Gasteiger partial charge on any atom is -0.494 e. The molecule has 0 unspecified atom stereocenters. The molecule has 2 aromatic heterocycles. The molecule has 0 fully saturated rings. The van der Waals surface area contributed by atoms with Crippen LogP contribution in [0.15, 0.2) is 53.6 Å². The monoisotopic (exact) mass is 407 g/mol. The number of rotatable bonds is 10. The maximum Gasteiger partial charge on any atom is 0.255 e. The molecule has 0 saturated carbocycles. The lowest BCUT2D eigenvalue weighted by molar-refractivity contribution is 0.314. The molecule has 7 heteroatoms. The quantitative estimate of drug-likeness (QED) is 0.503. The Morgan fingerprint density at radius 3 is 2.47 bits per heavy atom. The highest BCUT2D eigenvalue weighted by atomic mass is 16.5. The highest BCUT2D eigenvalue weighted by molar-refractivity contribution is 5.28. The first-order valence-corrected chi connectivity index (χ1v) is 10.1. The normalized spacial score (nSPS) is 10.9. The van der Waals surface area contributed by atoms with Crippen molar-refractivity contribution in [2.45, 2.75) is 26.3 Å². The van der Waals surface area contributed by atoms with Crippen molar-refractivity contribution in [1.82, 2.24) is 19.9 Å². The topological polar surface area (TPSA) is 83.1 Å². The second-order valence-corrected chi connectivity index (χ2v) is 7.58. The summed E-state index contributed by atoms with van der Waals surface area (Å²) in [6, 6.07) is 12.1. The summed E-state index contributed by atoms with van der Waals surface area (Å²) < 4.78 is 5.77. The van der Waals surface area contributed by atoms with Crippen LogP contribution >= 0.6 is 0 Å². The van der Waals surface area contributed by atoms with Crippen LogP contribution < -0.4 is 15.6 Å². The first-order valence-electron chi connectivity index (χ1n) is 10.1. The predicted molar refractivity (Wildman–Crippen MR) is 119 cm³/mol. The summed E-state index contributed by atoms with van der Waals surface area (Å²) in [7, 11) is 4.10. The van der Waals surface area contributed by atoms with E-state index in [1.165, 1.54) is 5.56 Å². The number of aryl methyl sites for hydroxylation is 1. The Kier molecular flexibility index (Phi) is 7.57. The molecule has 2 N–H and O–H groups in total. The van der Waals surface area contributed by atoms with Gasteiger partial charge in [-0.2, -0.15) is 0 Å². The van der Waals surface area contributed by atoms with Gasteiger partial charge in [0.25, 0.3) is 5.56 Å². The molecule has 3 aromatic rings. The van der Waals surface area contributed by atoms with E-state index < -0.39 is 0 Å². The SMILES string of the molecule is Cc1ccc(Cc2cnc(NCCCOc3ccc(CN(C)C)cc3)[nH]c2=O)cn1. The van der Waals surface area contributed by atoms with E-state index in [2.05, 4.69) is 51.4 Å². The molecule has 0 radical (unpaired) electrons. The van der Waals surface area contributed by atoms with E-state index in [-0.39, 0.29) is 5.56 Å². The van der Waals surface area contributed by atoms with Gasteiger partial charge in [0, 0.05) is 43.2 Å². The lowest BCUT2D eigenvalue weighted by Crippen LogP contribution is -2.18. The number of H-pyrrole nitrogens is 1. The molecule has 0 saturated heterocycles. The zero-order chi connectivity index (χ0) is 21.3. The Labute approximate surface area is 177 Å². The van der Waals surface area contributed by atoms with E-state index in [4.69, 9.17) is 4.74 Å². The number of hydrogen-bond donors (Lipinski definition) is 2. The number of aromatic nitrogens is 3. The van der Waals surface area contributed by atoms with Crippen LogP contribution in [-0.2, 0) is 13.0 Å². The standard InChI is InChI=1S/C23H29N5O2/c1-17-5-6-19(14-25-17)13-20-15-26-23(27-22(20)29)24-11-4-12-30-21-9-7-18(8-10-21)16-28(2)3/h5-10,14-15H,4,11-13,16H2,1-3H3,(H2,24,26,27,29). The summed E-state index contributed by atoms with van der Waals surface area (Å²) in [4.78, 5) is 25.8. The molecule has 0 spiro atoms. The molecule has 0 atom stereocenters. The summed E-state index contributed by atoms with van der Waals surface area (Å²) >= 11 is 0. The summed E-state index contributed by atoms with van der Waals surface area (Å²) in [6.07, 6.45) is 4.71. The number of anilines is 1. The maximum absolute atomic E-state index is 12.3. The largest absolute Gasteiger partial charge is 0.494 e. The molecule has 0 amide bonds. The van der Waals surface area contributed by atoms with E-state index in [0.29, 0.717) is 31.1 Å². The third-order valence-corrected chi connectivity index (χ3v) is 4.54. The molecular formula is C23H29N5O2. The number of nitrogens with one attached hydrogen (secondary N) is 2. The first-order chi connectivity index (χ1) is 14.5. The van der Waals surface area contributed by atoms with Crippen LogP contribution in [0.25, 0.3) is 0 Å². The van der Waals surface area contributed by atoms with Crippen LogP contribution in [0.5, 0.6) is 5.75 Å². The van der Waals surface area contributed by atoms with Gasteiger partial charge < -0.3 is 15.0 Å². The summed E-state index contributed by atoms with van der Waals surface area (Å²) in [5.41, 5.74) is 3.68. The number of benzene rings is 1. The number of aromatic amines is 1. The molecule has 0 aliphatic heterocycles. The summed E-state index contributed by atoms with van der Waals surface area (Å²) in [5, 5.41) is 3.14. The summed E-state index contributed by atoms with van der Waals surface area (Å²) in [5.74, 6) is 1.33. The van der Waals surface area contributed by atoms with Crippen molar-refractivity contribution >= 4 is 5.95 Å². The first kappa shape index (κ1) is 21.5. The highest BCUT2D eigenvalue weighted by Crippen LogP contribution is 2.13. The van der Waals surface area contributed by atoms with Gasteiger partial charge in [-0.05, 0) is 56.8 Å². The summed E-state index contributed by atoms with van der Waals surface area (Å²) in [6.45, 7) is 4.09. The van der Waals surface area contributed by atoms with Crippen LogP contribution in [-0.4, -0.2) is 47.1 Å². The van der Waals surface area contributed by atoms with Crippen molar-refractivity contribution in [3.63, 3.8) is 0 Å². The fourth-order valence-electron chi connectivity index (χ4n) is 2.99. The van der Waals surface area contributed by atoms with Crippen LogP contribution in [0.1, 0.15) is 28.8 Å². The zero-order valence-corrected chi connectivity index (χ0v) is 17.8. The molecule has 0 aliphatic carbocycles.